The molecule has 0 radical (unpaired) electrons. The fourth-order valence-corrected chi connectivity index (χ4v) is 2.97. The molecule has 0 bridgehead atoms. The van der Waals surface area contributed by atoms with Crippen molar-refractivity contribution in [3.63, 3.8) is 0 Å². The fourth-order valence-electron chi connectivity index (χ4n) is 2.07. The zero-order valence-electron chi connectivity index (χ0n) is 16.3. The van der Waals surface area contributed by atoms with Gasteiger partial charge in [0.25, 0.3) is 0 Å². The van der Waals surface area contributed by atoms with E-state index in [9.17, 15) is 5.11 Å². The number of rotatable bonds is 6. The highest BCUT2D eigenvalue weighted by molar-refractivity contribution is 7.12. The summed E-state index contributed by atoms with van der Waals surface area (Å²) in [7, 11) is 0. The van der Waals surface area contributed by atoms with Crippen molar-refractivity contribution in [2.45, 2.75) is 32.9 Å². The monoisotopic (exact) mass is 419 g/mol. The van der Waals surface area contributed by atoms with Crippen LogP contribution in [0.2, 0.25) is 0 Å². The molecule has 5 N–H and O–H groups in total. The molecule has 1 unspecified atom stereocenters. The van der Waals surface area contributed by atoms with Crippen LogP contribution in [0, 0.1) is 24.7 Å². The van der Waals surface area contributed by atoms with Gasteiger partial charge in [-0.15, -0.1) is 11.3 Å². The van der Waals surface area contributed by atoms with Crippen LogP contribution in [0.5, 0.6) is 5.75 Å². The summed E-state index contributed by atoms with van der Waals surface area (Å²) in [6.45, 7) is 4.38. The van der Waals surface area contributed by atoms with Crippen LogP contribution in [-0.2, 0) is 16.0 Å². The lowest BCUT2D eigenvalue weighted by atomic mass is 10.0. The van der Waals surface area contributed by atoms with Crippen LogP contribution >= 0.6 is 11.3 Å². The summed E-state index contributed by atoms with van der Waals surface area (Å²) in [5.41, 5.74) is 6.64. The maximum Gasteiger partial charge on any atom is 0.414 e. The molecule has 0 fully saturated rings. The van der Waals surface area contributed by atoms with Crippen molar-refractivity contribution < 1.29 is 29.6 Å². The molecule has 0 aliphatic carbocycles. The fraction of sp³-hybridized carbons (Fsp3) is 0.333. The van der Waals surface area contributed by atoms with Gasteiger partial charge in [0.1, 0.15) is 18.6 Å². The molecule has 156 valence electrons. The Labute approximate surface area is 173 Å². The van der Waals surface area contributed by atoms with Gasteiger partial charge in [-0.2, -0.15) is 0 Å². The zero-order valence-corrected chi connectivity index (χ0v) is 17.1. The predicted molar refractivity (Wildman–Crippen MR) is 111 cm³/mol. The van der Waals surface area contributed by atoms with E-state index < -0.39 is 18.2 Å². The van der Waals surface area contributed by atoms with Gasteiger partial charge in [0, 0.05) is 4.88 Å². The summed E-state index contributed by atoms with van der Waals surface area (Å²) in [6.07, 6.45) is 1.05. The highest BCUT2D eigenvalue weighted by Crippen LogP contribution is 2.19. The number of carboxylic acid groups (broad SMARTS) is 2. The molecule has 1 heterocycles. The Morgan fingerprint density at radius 1 is 1.21 bits per heavy atom. The molecule has 29 heavy (non-hydrogen) atoms. The summed E-state index contributed by atoms with van der Waals surface area (Å²) in [5.74, 6) is 3.48. The van der Waals surface area contributed by atoms with Crippen LogP contribution in [0.25, 0.3) is 0 Å². The number of carboxylic acids is 2. The minimum Gasteiger partial charge on any atom is -0.481 e. The van der Waals surface area contributed by atoms with Gasteiger partial charge in [-0.1, -0.05) is 30.9 Å². The highest BCUT2D eigenvalue weighted by atomic mass is 32.1. The number of aryl methyl sites for hydroxylation is 2. The van der Waals surface area contributed by atoms with Crippen LogP contribution in [0.1, 0.15) is 28.7 Å². The molecule has 2 aromatic rings. The molecule has 7 nitrogen and oxygen atoms in total. The van der Waals surface area contributed by atoms with Crippen LogP contribution in [0.15, 0.2) is 36.4 Å². The number of nitrogens with two attached hydrogens (primary N) is 1. The number of aliphatic hydroxyl groups is 1. The predicted octanol–water partition coefficient (Wildman–Crippen LogP) is 2.49. The molecule has 8 heteroatoms. The van der Waals surface area contributed by atoms with Crippen molar-refractivity contribution in [1.29, 1.82) is 0 Å². The Morgan fingerprint density at radius 3 is 2.48 bits per heavy atom. The number of aliphatic carboxylic acids is 2. The number of benzene rings is 1. The first kappa shape index (κ1) is 24.2. The van der Waals surface area contributed by atoms with E-state index >= 15 is 0 Å². The van der Waals surface area contributed by atoms with E-state index in [-0.39, 0.29) is 5.92 Å². The first-order chi connectivity index (χ1) is 13.7. The quantitative estimate of drug-likeness (QED) is 0.321. The SMILES string of the molecule is Cc1cccc(OCC#Cc2ccc(CC[C@@H](C)C(N)O)s2)c1.O=C(O)C(=O)O. The van der Waals surface area contributed by atoms with Crippen molar-refractivity contribution in [3.05, 3.63) is 51.7 Å². The molecule has 0 saturated heterocycles. The second-order valence-electron chi connectivity index (χ2n) is 6.29. The van der Waals surface area contributed by atoms with Crippen molar-refractivity contribution in [3.8, 4) is 17.6 Å². The molecule has 0 spiro atoms. The second kappa shape index (κ2) is 12.6. The Kier molecular flexibility index (Phi) is 10.5. The molecular formula is C21H25NO6S. The van der Waals surface area contributed by atoms with Crippen molar-refractivity contribution in [2.75, 3.05) is 6.61 Å². The third-order valence-electron chi connectivity index (χ3n) is 3.79. The van der Waals surface area contributed by atoms with Gasteiger partial charge in [-0.3, -0.25) is 0 Å². The molecule has 1 aromatic heterocycles. The average Bonchev–Trinajstić information content (AvgIpc) is 3.11. The topological polar surface area (TPSA) is 130 Å². The van der Waals surface area contributed by atoms with E-state index in [1.807, 2.05) is 44.2 Å². The number of ether oxygens (including phenoxy) is 1. The molecule has 0 aliphatic heterocycles. The van der Waals surface area contributed by atoms with Crippen molar-refractivity contribution >= 4 is 23.3 Å². The molecule has 2 atom stereocenters. The Bertz CT molecular complexity index is 853. The largest absolute Gasteiger partial charge is 0.481 e. The lowest BCUT2D eigenvalue weighted by Gasteiger charge is -2.12. The van der Waals surface area contributed by atoms with Crippen LogP contribution in [0.4, 0.5) is 0 Å². The summed E-state index contributed by atoms with van der Waals surface area (Å²) in [6, 6.07) is 12.1. The Morgan fingerprint density at radius 2 is 1.90 bits per heavy atom. The number of carbonyl (C=O) groups is 2. The van der Waals surface area contributed by atoms with Gasteiger partial charge in [0.2, 0.25) is 0 Å². The normalized spacial score (nSPS) is 11.9. The second-order valence-corrected chi connectivity index (χ2v) is 7.46. The van der Waals surface area contributed by atoms with Gasteiger partial charge in [-0.25, -0.2) is 9.59 Å². The van der Waals surface area contributed by atoms with Gasteiger partial charge >= 0.3 is 11.9 Å². The van der Waals surface area contributed by atoms with Gasteiger partial charge < -0.3 is 25.8 Å². The van der Waals surface area contributed by atoms with Gasteiger partial charge in [-0.05, 0) is 55.5 Å². The number of thiophene rings is 1. The van der Waals surface area contributed by atoms with Crippen LogP contribution in [-0.4, -0.2) is 40.1 Å². The maximum atomic E-state index is 9.30. The zero-order chi connectivity index (χ0) is 21.8. The summed E-state index contributed by atoms with van der Waals surface area (Å²) < 4.78 is 5.61. The van der Waals surface area contributed by atoms with Crippen molar-refractivity contribution in [1.82, 2.24) is 0 Å². The molecular weight excluding hydrogens is 394 g/mol. The lowest BCUT2D eigenvalue weighted by molar-refractivity contribution is -0.159. The van der Waals surface area contributed by atoms with Crippen molar-refractivity contribution in [2.24, 2.45) is 11.7 Å². The maximum absolute atomic E-state index is 9.30. The smallest absolute Gasteiger partial charge is 0.414 e. The summed E-state index contributed by atoms with van der Waals surface area (Å²) in [5, 5.41) is 24.1. The standard InChI is InChI=1S/C19H23NO2S.C2H2O4/c1-14-5-3-6-16(13-14)22-12-4-7-17-10-11-18(23-17)9-8-15(2)19(20)21;3-1(4)2(5)6/h3,5-6,10-11,13,15,19,21H,8-9,12,20H2,1-2H3;(H,3,4)(H,5,6)/t15-,19?;/m1./s1. The number of hydrogen-bond donors (Lipinski definition) is 4. The number of hydrogen-bond acceptors (Lipinski definition) is 6. The third-order valence-corrected chi connectivity index (χ3v) is 4.85. The van der Waals surface area contributed by atoms with E-state index in [4.69, 9.17) is 30.3 Å². The summed E-state index contributed by atoms with van der Waals surface area (Å²) >= 11 is 1.68. The minimum absolute atomic E-state index is 0.106. The first-order valence-electron chi connectivity index (χ1n) is 8.86. The van der Waals surface area contributed by atoms with E-state index in [0.29, 0.717) is 6.61 Å². The van der Waals surface area contributed by atoms with Crippen LogP contribution < -0.4 is 10.5 Å². The van der Waals surface area contributed by atoms with E-state index in [0.717, 1.165) is 23.5 Å². The van der Waals surface area contributed by atoms with E-state index in [2.05, 4.69) is 17.9 Å². The number of aliphatic hydroxyl groups excluding tert-OH is 1. The molecule has 2 rings (SSSR count). The molecule has 0 aliphatic rings. The van der Waals surface area contributed by atoms with E-state index in [1.165, 1.54) is 10.4 Å². The van der Waals surface area contributed by atoms with Gasteiger partial charge in [0.05, 0.1) is 4.88 Å². The average molecular weight is 419 g/mol. The Hall–Kier alpha value is -2.86. The highest BCUT2D eigenvalue weighted by Gasteiger charge is 2.09. The first-order valence-corrected chi connectivity index (χ1v) is 9.67. The summed E-state index contributed by atoms with van der Waals surface area (Å²) in [4.78, 5) is 20.5. The minimum atomic E-state index is -1.82. The van der Waals surface area contributed by atoms with Gasteiger partial charge in [0.15, 0.2) is 0 Å². The lowest BCUT2D eigenvalue weighted by Crippen LogP contribution is -2.27. The van der Waals surface area contributed by atoms with Crippen LogP contribution in [0.3, 0.4) is 0 Å². The molecule has 1 aromatic carbocycles. The third kappa shape index (κ3) is 10.3. The molecule has 0 amide bonds. The Balaban J connectivity index is 0.000000612. The van der Waals surface area contributed by atoms with E-state index in [1.54, 1.807) is 11.3 Å². The molecule has 0 saturated carbocycles.